The number of likely N-dealkylation sites (tertiary alicyclic amines) is 1. The second-order valence-corrected chi connectivity index (χ2v) is 7.92. The molecule has 0 saturated carbocycles. The zero-order valence-electron chi connectivity index (χ0n) is 16.9. The van der Waals surface area contributed by atoms with Crippen LogP contribution in [0.15, 0.2) is 36.4 Å². The van der Waals surface area contributed by atoms with E-state index in [2.05, 4.69) is 16.9 Å². The van der Waals surface area contributed by atoms with Gasteiger partial charge in [-0.15, -0.1) is 0 Å². The second kappa shape index (κ2) is 8.45. The Morgan fingerprint density at radius 3 is 2.46 bits per heavy atom. The van der Waals surface area contributed by atoms with Gasteiger partial charge in [0.2, 0.25) is 0 Å². The van der Waals surface area contributed by atoms with E-state index < -0.39 is 0 Å². The highest BCUT2D eigenvalue weighted by atomic mass is 16.5. The van der Waals surface area contributed by atoms with Crippen molar-refractivity contribution in [3.63, 3.8) is 0 Å². The molecule has 0 N–H and O–H groups in total. The minimum Gasteiger partial charge on any atom is -0.379 e. The number of carbonyl (C=O) groups is 1. The zero-order chi connectivity index (χ0) is 19.5. The Hall–Kier alpha value is -2.18. The zero-order valence-corrected chi connectivity index (χ0v) is 16.9. The predicted octanol–water partition coefficient (Wildman–Crippen LogP) is 2.66. The van der Waals surface area contributed by atoms with Crippen LogP contribution in [-0.4, -0.2) is 70.9 Å². The van der Waals surface area contributed by atoms with Gasteiger partial charge >= 0.3 is 0 Å². The largest absolute Gasteiger partial charge is 0.379 e. The number of amides is 1. The maximum atomic E-state index is 13.0. The number of benzene rings is 1. The summed E-state index contributed by atoms with van der Waals surface area (Å²) in [6, 6.07) is 12.6. The molecule has 1 aromatic heterocycles. The fourth-order valence-corrected chi connectivity index (χ4v) is 4.48. The van der Waals surface area contributed by atoms with Crippen LogP contribution in [0.4, 0.5) is 0 Å². The molecule has 2 fully saturated rings. The van der Waals surface area contributed by atoms with E-state index in [1.807, 2.05) is 48.3 Å². The number of morpholine rings is 1. The van der Waals surface area contributed by atoms with Crippen LogP contribution in [0.5, 0.6) is 0 Å². The first kappa shape index (κ1) is 19.2. The molecule has 0 spiro atoms. The minimum absolute atomic E-state index is 0.0512. The quantitative estimate of drug-likeness (QED) is 0.816. The molecule has 0 radical (unpaired) electrons. The van der Waals surface area contributed by atoms with Crippen LogP contribution in [0.3, 0.4) is 0 Å². The normalized spacial score (nSPS) is 20.3. The van der Waals surface area contributed by atoms with Gasteiger partial charge in [-0.25, -0.2) is 0 Å². The van der Waals surface area contributed by atoms with E-state index in [1.165, 1.54) is 0 Å². The molecular weight excluding hydrogens is 352 g/mol. The summed E-state index contributed by atoms with van der Waals surface area (Å²) < 4.78 is 7.28. The van der Waals surface area contributed by atoms with Gasteiger partial charge in [-0.2, -0.15) is 5.10 Å². The fourth-order valence-electron chi connectivity index (χ4n) is 4.48. The molecule has 4 rings (SSSR count). The lowest BCUT2D eigenvalue weighted by molar-refractivity contribution is -0.000990. The van der Waals surface area contributed by atoms with Crippen molar-refractivity contribution in [2.24, 2.45) is 13.0 Å². The van der Waals surface area contributed by atoms with Crippen LogP contribution in [-0.2, 0) is 11.8 Å². The third-order valence-electron chi connectivity index (χ3n) is 6.30. The highest BCUT2D eigenvalue weighted by Crippen LogP contribution is 2.26. The van der Waals surface area contributed by atoms with Gasteiger partial charge in [0.25, 0.3) is 5.91 Å². The SMILES string of the molecule is C[C@@H](C1CCN(C(=O)c2cc(-c3ccccc3)n(C)n2)CC1)N1CCOCC1. The van der Waals surface area contributed by atoms with Crippen molar-refractivity contribution >= 4 is 5.91 Å². The Kier molecular flexibility index (Phi) is 5.78. The van der Waals surface area contributed by atoms with Crippen LogP contribution in [0.1, 0.15) is 30.3 Å². The number of nitrogens with zero attached hydrogens (tertiary/aromatic N) is 4. The number of carbonyl (C=O) groups excluding carboxylic acids is 1. The molecule has 1 aromatic carbocycles. The van der Waals surface area contributed by atoms with E-state index in [0.717, 1.165) is 63.5 Å². The van der Waals surface area contributed by atoms with Gasteiger partial charge in [0.1, 0.15) is 0 Å². The third kappa shape index (κ3) is 3.98. The lowest BCUT2D eigenvalue weighted by atomic mass is 9.89. The average molecular weight is 383 g/mol. The third-order valence-corrected chi connectivity index (χ3v) is 6.30. The highest BCUT2D eigenvalue weighted by molar-refractivity contribution is 5.93. The molecule has 3 heterocycles. The first-order valence-electron chi connectivity index (χ1n) is 10.3. The molecule has 6 nitrogen and oxygen atoms in total. The number of ether oxygens (including phenoxy) is 1. The van der Waals surface area contributed by atoms with Crippen molar-refractivity contribution < 1.29 is 9.53 Å². The molecule has 2 aliphatic rings. The van der Waals surface area contributed by atoms with Gasteiger partial charge in [0, 0.05) is 39.3 Å². The summed E-state index contributed by atoms with van der Waals surface area (Å²) >= 11 is 0. The smallest absolute Gasteiger partial charge is 0.274 e. The molecule has 6 heteroatoms. The molecule has 0 aliphatic carbocycles. The van der Waals surface area contributed by atoms with Crippen LogP contribution in [0.2, 0.25) is 0 Å². The summed E-state index contributed by atoms with van der Waals surface area (Å²) in [5.41, 5.74) is 2.59. The number of aromatic nitrogens is 2. The predicted molar refractivity (Wildman–Crippen MR) is 109 cm³/mol. The monoisotopic (exact) mass is 382 g/mol. The lowest BCUT2D eigenvalue weighted by Crippen LogP contribution is -2.49. The number of rotatable bonds is 4. The minimum atomic E-state index is 0.0512. The molecule has 150 valence electrons. The molecule has 1 amide bonds. The molecule has 0 bridgehead atoms. The van der Waals surface area contributed by atoms with Crippen molar-refractivity contribution in [1.29, 1.82) is 0 Å². The van der Waals surface area contributed by atoms with Gasteiger partial charge in [-0.3, -0.25) is 14.4 Å². The molecule has 1 atom stereocenters. The highest BCUT2D eigenvalue weighted by Gasteiger charge is 2.31. The van der Waals surface area contributed by atoms with E-state index in [1.54, 1.807) is 4.68 Å². The summed E-state index contributed by atoms with van der Waals surface area (Å²) in [5.74, 6) is 0.695. The molecule has 0 unspecified atom stereocenters. The maximum Gasteiger partial charge on any atom is 0.274 e. The molecule has 2 aliphatic heterocycles. The number of aryl methyl sites for hydroxylation is 1. The van der Waals surface area contributed by atoms with Gasteiger partial charge in [-0.1, -0.05) is 30.3 Å². The Morgan fingerprint density at radius 1 is 1.11 bits per heavy atom. The van der Waals surface area contributed by atoms with Gasteiger partial charge in [0.15, 0.2) is 5.69 Å². The Balaban J connectivity index is 1.38. The van der Waals surface area contributed by atoms with Gasteiger partial charge < -0.3 is 9.64 Å². The topological polar surface area (TPSA) is 50.6 Å². The number of hydrogen-bond donors (Lipinski definition) is 0. The summed E-state index contributed by atoms with van der Waals surface area (Å²) in [4.78, 5) is 17.5. The van der Waals surface area contributed by atoms with E-state index in [4.69, 9.17) is 4.74 Å². The van der Waals surface area contributed by atoms with E-state index in [0.29, 0.717) is 17.7 Å². The van der Waals surface area contributed by atoms with Crippen molar-refractivity contribution in [2.45, 2.75) is 25.8 Å². The summed E-state index contributed by atoms with van der Waals surface area (Å²) in [5, 5.41) is 4.49. The number of hydrogen-bond acceptors (Lipinski definition) is 4. The molecule has 28 heavy (non-hydrogen) atoms. The summed E-state index contributed by atoms with van der Waals surface area (Å²) in [7, 11) is 1.90. The van der Waals surface area contributed by atoms with Crippen LogP contribution in [0.25, 0.3) is 11.3 Å². The first-order chi connectivity index (χ1) is 13.6. The molecule has 2 aromatic rings. The van der Waals surface area contributed by atoms with Gasteiger partial charge in [-0.05, 0) is 37.3 Å². The van der Waals surface area contributed by atoms with E-state index in [-0.39, 0.29) is 5.91 Å². The van der Waals surface area contributed by atoms with Crippen molar-refractivity contribution in [3.8, 4) is 11.3 Å². The Bertz CT molecular complexity index is 790. The van der Waals surface area contributed by atoms with Crippen LogP contribution < -0.4 is 0 Å². The van der Waals surface area contributed by atoms with Crippen molar-refractivity contribution in [1.82, 2.24) is 19.6 Å². The van der Waals surface area contributed by atoms with Crippen molar-refractivity contribution in [2.75, 3.05) is 39.4 Å². The maximum absolute atomic E-state index is 13.0. The second-order valence-electron chi connectivity index (χ2n) is 7.92. The van der Waals surface area contributed by atoms with E-state index >= 15 is 0 Å². The summed E-state index contributed by atoms with van der Waals surface area (Å²) in [6.07, 6.45) is 2.12. The van der Waals surface area contributed by atoms with Gasteiger partial charge in [0.05, 0.1) is 18.9 Å². The Labute approximate surface area is 167 Å². The standard InChI is InChI=1S/C22H30N4O2/c1-17(25-12-14-28-15-13-25)18-8-10-26(11-9-18)22(27)20-16-21(24(2)23-20)19-6-4-3-5-7-19/h3-7,16-18H,8-15H2,1-2H3/t17-/m0/s1. The van der Waals surface area contributed by atoms with E-state index in [9.17, 15) is 4.79 Å². The molecular formula is C22H30N4O2. The van der Waals surface area contributed by atoms with Crippen molar-refractivity contribution in [3.05, 3.63) is 42.1 Å². The first-order valence-corrected chi connectivity index (χ1v) is 10.3. The average Bonchev–Trinajstić information content (AvgIpc) is 3.15. The fraction of sp³-hybridized carbons (Fsp3) is 0.545. The number of piperidine rings is 1. The molecule has 2 saturated heterocycles. The lowest BCUT2D eigenvalue weighted by Gasteiger charge is -2.40. The Morgan fingerprint density at radius 2 is 1.79 bits per heavy atom. The summed E-state index contributed by atoms with van der Waals surface area (Å²) in [6.45, 7) is 7.69. The van der Waals surface area contributed by atoms with Crippen LogP contribution in [0, 0.1) is 5.92 Å². The van der Waals surface area contributed by atoms with Crippen LogP contribution >= 0.6 is 0 Å².